The van der Waals surface area contributed by atoms with Gasteiger partial charge in [-0.1, -0.05) is 6.92 Å². The molecule has 0 aliphatic heterocycles. The SMILES string of the molecule is CCCNC(=O)NC(=O)COC(=O)c1cccnc1OCC. The van der Waals surface area contributed by atoms with Crippen molar-refractivity contribution in [2.75, 3.05) is 19.8 Å². The van der Waals surface area contributed by atoms with Crippen LogP contribution < -0.4 is 15.4 Å². The van der Waals surface area contributed by atoms with E-state index >= 15 is 0 Å². The molecule has 8 nitrogen and oxygen atoms in total. The van der Waals surface area contributed by atoms with E-state index < -0.39 is 24.5 Å². The van der Waals surface area contributed by atoms with Crippen molar-refractivity contribution in [1.29, 1.82) is 0 Å². The molecule has 1 aromatic heterocycles. The van der Waals surface area contributed by atoms with Crippen LogP contribution in [0.2, 0.25) is 0 Å². The first kappa shape index (κ1) is 17.4. The quantitative estimate of drug-likeness (QED) is 0.724. The summed E-state index contributed by atoms with van der Waals surface area (Å²) in [5, 5.41) is 4.52. The molecule has 0 radical (unpaired) electrons. The Balaban J connectivity index is 2.49. The zero-order valence-electron chi connectivity index (χ0n) is 12.5. The van der Waals surface area contributed by atoms with E-state index in [0.717, 1.165) is 6.42 Å². The number of rotatable bonds is 7. The van der Waals surface area contributed by atoms with Crippen LogP contribution in [-0.2, 0) is 9.53 Å². The van der Waals surface area contributed by atoms with Crippen molar-refractivity contribution >= 4 is 17.9 Å². The fraction of sp³-hybridized carbons (Fsp3) is 0.429. The molecule has 8 heteroatoms. The smallest absolute Gasteiger partial charge is 0.344 e. The van der Waals surface area contributed by atoms with E-state index in [9.17, 15) is 14.4 Å². The number of esters is 1. The molecule has 0 fully saturated rings. The normalized spacial score (nSPS) is 9.73. The van der Waals surface area contributed by atoms with Gasteiger partial charge in [-0.3, -0.25) is 10.1 Å². The lowest BCUT2D eigenvalue weighted by molar-refractivity contribution is -0.123. The molecule has 2 N–H and O–H groups in total. The van der Waals surface area contributed by atoms with Gasteiger partial charge < -0.3 is 14.8 Å². The third-order valence-corrected chi connectivity index (χ3v) is 2.39. The first-order valence-electron chi connectivity index (χ1n) is 6.91. The number of nitrogens with one attached hydrogen (secondary N) is 2. The maximum Gasteiger partial charge on any atom is 0.344 e. The van der Waals surface area contributed by atoms with E-state index in [1.807, 2.05) is 12.2 Å². The van der Waals surface area contributed by atoms with Crippen LogP contribution in [0, 0.1) is 0 Å². The van der Waals surface area contributed by atoms with Gasteiger partial charge in [0.25, 0.3) is 5.91 Å². The van der Waals surface area contributed by atoms with Crippen molar-refractivity contribution in [3.8, 4) is 5.88 Å². The lowest BCUT2D eigenvalue weighted by atomic mass is 10.3. The molecule has 0 aromatic carbocycles. The van der Waals surface area contributed by atoms with Crippen LogP contribution >= 0.6 is 0 Å². The zero-order valence-corrected chi connectivity index (χ0v) is 12.5. The molecule has 1 heterocycles. The minimum absolute atomic E-state index is 0.118. The van der Waals surface area contributed by atoms with E-state index in [0.29, 0.717) is 13.2 Å². The molecule has 0 aliphatic carbocycles. The van der Waals surface area contributed by atoms with E-state index in [1.165, 1.54) is 12.3 Å². The Morgan fingerprint density at radius 1 is 1.27 bits per heavy atom. The predicted octanol–water partition coefficient (Wildman–Crippen LogP) is 0.873. The predicted molar refractivity (Wildman–Crippen MR) is 77.5 cm³/mol. The highest BCUT2D eigenvalue weighted by Crippen LogP contribution is 2.15. The minimum atomic E-state index is -0.749. The molecule has 0 unspecified atom stereocenters. The summed E-state index contributed by atoms with van der Waals surface area (Å²) in [7, 11) is 0. The van der Waals surface area contributed by atoms with Crippen molar-refractivity contribution in [2.24, 2.45) is 0 Å². The maximum atomic E-state index is 11.9. The molecule has 0 aliphatic rings. The largest absolute Gasteiger partial charge is 0.477 e. The highest BCUT2D eigenvalue weighted by atomic mass is 16.5. The average molecular weight is 309 g/mol. The Morgan fingerprint density at radius 3 is 2.73 bits per heavy atom. The van der Waals surface area contributed by atoms with Gasteiger partial charge in [0.1, 0.15) is 5.56 Å². The number of urea groups is 1. The Bertz CT molecular complexity index is 533. The molecule has 0 saturated carbocycles. The van der Waals surface area contributed by atoms with Gasteiger partial charge in [0.15, 0.2) is 6.61 Å². The van der Waals surface area contributed by atoms with Crippen LogP contribution in [-0.4, -0.2) is 42.7 Å². The molecular formula is C14H19N3O5. The zero-order chi connectivity index (χ0) is 16.4. The topological polar surface area (TPSA) is 107 Å². The van der Waals surface area contributed by atoms with E-state index in [-0.39, 0.29) is 11.4 Å². The molecule has 1 rings (SSSR count). The first-order valence-corrected chi connectivity index (χ1v) is 6.91. The van der Waals surface area contributed by atoms with E-state index in [1.54, 1.807) is 13.0 Å². The van der Waals surface area contributed by atoms with Crippen molar-refractivity contribution in [3.63, 3.8) is 0 Å². The number of pyridine rings is 1. The molecular weight excluding hydrogens is 290 g/mol. The number of carbonyl (C=O) groups is 3. The van der Waals surface area contributed by atoms with Gasteiger partial charge in [-0.2, -0.15) is 0 Å². The first-order chi connectivity index (χ1) is 10.6. The fourth-order valence-electron chi connectivity index (χ4n) is 1.45. The summed E-state index contributed by atoms with van der Waals surface area (Å²) in [4.78, 5) is 38.5. The lowest BCUT2D eigenvalue weighted by Crippen LogP contribution is -2.41. The van der Waals surface area contributed by atoms with Crippen LogP contribution in [0.3, 0.4) is 0 Å². The highest BCUT2D eigenvalue weighted by Gasteiger charge is 2.17. The summed E-state index contributed by atoms with van der Waals surface area (Å²) < 4.78 is 10.0. The number of carbonyl (C=O) groups excluding carboxylic acids is 3. The molecule has 120 valence electrons. The average Bonchev–Trinajstić information content (AvgIpc) is 2.51. The summed E-state index contributed by atoms with van der Waals surface area (Å²) in [6.07, 6.45) is 2.23. The summed E-state index contributed by atoms with van der Waals surface area (Å²) >= 11 is 0. The second-order valence-electron chi connectivity index (χ2n) is 4.17. The molecule has 0 saturated heterocycles. The standard InChI is InChI=1S/C14H19N3O5/c1-3-7-16-14(20)17-11(18)9-22-13(19)10-6-5-8-15-12(10)21-4-2/h5-6,8H,3-4,7,9H2,1-2H3,(H2,16,17,18,20). The summed E-state index contributed by atoms with van der Waals surface area (Å²) in [5.41, 5.74) is 0.118. The van der Waals surface area contributed by atoms with E-state index in [2.05, 4.69) is 10.3 Å². The molecule has 3 amide bonds. The highest BCUT2D eigenvalue weighted by molar-refractivity contribution is 5.97. The molecule has 0 bridgehead atoms. The number of ether oxygens (including phenoxy) is 2. The second kappa shape index (κ2) is 9.32. The van der Waals surface area contributed by atoms with Gasteiger partial charge in [-0.05, 0) is 25.5 Å². The fourth-order valence-corrected chi connectivity index (χ4v) is 1.45. The van der Waals surface area contributed by atoms with Crippen molar-refractivity contribution in [3.05, 3.63) is 23.9 Å². The van der Waals surface area contributed by atoms with E-state index in [4.69, 9.17) is 9.47 Å². The molecule has 1 aromatic rings. The third-order valence-electron chi connectivity index (χ3n) is 2.39. The number of imide groups is 1. The number of nitrogens with zero attached hydrogens (tertiary/aromatic N) is 1. The number of hydrogen-bond donors (Lipinski definition) is 2. The van der Waals surface area contributed by atoms with Crippen molar-refractivity contribution < 1.29 is 23.9 Å². The molecule has 0 spiro atoms. The number of amides is 3. The van der Waals surface area contributed by atoms with Crippen LogP contribution in [0.1, 0.15) is 30.6 Å². The Hall–Kier alpha value is -2.64. The van der Waals surface area contributed by atoms with Crippen LogP contribution in [0.4, 0.5) is 4.79 Å². The number of aromatic nitrogens is 1. The summed E-state index contributed by atoms with van der Waals surface area (Å²) in [6, 6.07) is 2.41. The molecule has 0 atom stereocenters. The van der Waals surface area contributed by atoms with Crippen LogP contribution in [0.25, 0.3) is 0 Å². The second-order valence-corrected chi connectivity index (χ2v) is 4.17. The number of hydrogen-bond acceptors (Lipinski definition) is 6. The van der Waals surface area contributed by atoms with Crippen LogP contribution in [0.5, 0.6) is 5.88 Å². The van der Waals surface area contributed by atoms with Gasteiger partial charge >= 0.3 is 12.0 Å². The maximum absolute atomic E-state index is 11.9. The Kier molecular flexibility index (Phi) is 7.38. The Morgan fingerprint density at radius 2 is 2.05 bits per heavy atom. The van der Waals surface area contributed by atoms with Crippen molar-refractivity contribution in [1.82, 2.24) is 15.6 Å². The summed E-state index contributed by atoms with van der Waals surface area (Å²) in [6.45, 7) is 3.86. The summed E-state index contributed by atoms with van der Waals surface area (Å²) in [5.74, 6) is -1.33. The van der Waals surface area contributed by atoms with Crippen LogP contribution in [0.15, 0.2) is 18.3 Å². The monoisotopic (exact) mass is 309 g/mol. The Labute approximate surface area is 128 Å². The van der Waals surface area contributed by atoms with Gasteiger partial charge in [0.2, 0.25) is 5.88 Å². The minimum Gasteiger partial charge on any atom is -0.477 e. The van der Waals surface area contributed by atoms with Crippen molar-refractivity contribution in [2.45, 2.75) is 20.3 Å². The van der Waals surface area contributed by atoms with Gasteiger partial charge in [0.05, 0.1) is 6.61 Å². The van der Waals surface area contributed by atoms with Gasteiger partial charge in [0, 0.05) is 12.7 Å². The molecule has 22 heavy (non-hydrogen) atoms. The van der Waals surface area contributed by atoms with Gasteiger partial charge in [-0.25, -0.2) is 14.6 Å². The van der Waals surface area contributed by atoms with Gasteiger partial charge in [-0.15, -0.1) is 0 Å². The third kappa shape index (κ3) is 5.78. The lowest BCUT2D eigenvalue weighted by Gasteiger charge is -2.09.